The van der Waals surface area contributed by atoms with Crippen molar-refractivity contribution in [2.45, 2.75) is 20.4 Å². The van der Waals surface area contributed by atoms with E-state index in [0.717, 1.165) is 22.3 Å². The number of carbonyl (C=O) groups excluding carboxylic acids is 1. The van der Waals surface area contributed by atoms with E-state index in [0.29, 0.717) is 13.1 Å². The molecule has 0 aromatic heterocycles. The minimum Gasteiger partial charge on any atom is -0.295 e. The zero-order valence-electron chi connectivity index (χ0n) is 12.7. The number of ketones is 1. The van der Waals surface area contributed by atoms with E-state index in [9.17, 15) is 9.18 Å². The average Bonchev–Trinajstić information content (AvgIpc) is 2.41. The van der Waals surface area contributed by atoms with E-state index >= 15 is 0 Å². The number of benzene rings is 2. The van der Waals surface area contributed by atoms with Gasteiger partial charge in [0.15, 0.2) is 5.78 Å². The molecule has 0 bridgehead atoms. The molecule has 0 atom stereocenters. The van der Waals surface area contributed by atoms with Crippen LogP contribution in [-0.2, 0) is 6.54 Å². The number of hydrogen-bond acceptors (Lipinski definition) is 2. The highest BCUT2D eigenvalue weighted by Gasteiger charge is 2.12. The van der Waals surface area contributed by atoms with Crippen molar-refractivity contribution in [2.75, 3.05) is 13.6 Å². The Kier molecular flexibility index (Phi) is 4.86. The van der Waals surface area contributed by atoms with Gasteiger partial charge in [-0.1, -0.05) is 29.8 Å². The van der Waals surface area contributed by atoms with Gasteiger partial charge in [0, 0.05) is 12.1 Å². The summed E-state index contributed by atoms with van der Waals surface area (Å²) in [6, 6.07) is 12.4. The summed E-state index contributed by atoms with van der Waals surface area (Å²) in [4.78, 5) is 14.3. The van der Waals surface area contributed by atoms with Gasteiger partial charge in [-0.25, -0.2) is 4.39 Å². The summed E-state index contributed by atoms with van der Waals surface area (Å²) < 4.78 is 13.2. The lowest BCUT2D eigenvalue weighted by Crippen LogP contribution is -2.26. The first kappa shape index (κ1) is 15.4. The Morgan fingerprint density at radius 3 is 2.62 bits per heavy atom. The first-order valence-electron chi connectivity index (χ1n) is 6.99. The van der Waals surface area contributed by atoms with Gasteiger partial charge in [-0.15, -0.1) is 0 Å². The molecule has 2 aromatic carbocycles. The highest BCUT2D eigenvalue weighted by Crippen LogP contribution is 2.13. The van der Waals surface area contributed by atoms with E-state index in [1.54, 1.807) is 6.07 Å². The van der Waals surface area contributed by atoms with E-state index in [4.69, 9.17) is 0 Å². The molecule has 2 aromatic rings. The summed E-state index contributed by atoms with van der Waals surface area (Å²) in [6.45, 7) is 4.79. The first-order valence-corrected chi connectivity index (χ1v) is 6.99. The summed E-state index contributed by atoms with van der Waals surface area (Å²) in [6.07, 6.45) is 0. The van der Waals surface area contributed by atoms with Gasteiger partial charge < -0.3 is 0 Å². The smallest absolute Gasteiger partial charge is 0.177 e. The molecule has 0 fully saturated rings. The second kappa shape index (κ2) is 6.64. The SMILES string of the molecule is Cc1ccc(C)c(C(=O)CN(C)Cc2cccc(F)c2)c1. The normalized spacial score (nSPS) is 10.9. The molecular weight excluding hydrogens is 265 g/mol. The van der Waals surface area contributed by atoms with Crippen LogP contribution in [0.5, 0.6) is 0 Å². The zero-order chi connectivity index (χ0) is 15.4. The molecule has 0 N–H and O–H groups in total. The van der Waals surface area contributed by atoms with E-state index in [2.05, 4.69) is 0 Å². The van der Waals surface area contributed by atoms with Crippen molar-refractivity contribution in [3.05, 3.63) is 70.5 Å². The van der Waals surface area contributed by atoms with E-state index < -0.39 is 0 Å². The lowest BCUT2D eigenvalue weighted by atomic mass is 10.0. The van der Waals surface area contributed by atoms with Gasteiger partial charge in [0.25, 0.3) is 0 Å². The van der Waals surface area contributed by atoms with Crippen LogP contribution in [-0.4, -0.2) is 24.3 Å². The Balaban J connectivity index is 2.03. The highest BCUT2D eigenvalue weighted by atomic mass is 19.1. The average molecular weight is 285 g/mol. The van der Waals surface area contributed by atoms with Gasteiger partial charge in [0.1, 0.15) is 5.82 Å². The molecule has 3 heteroatoms. The molecule has 0 saturated heterocycles. The van der Waals surface area contributed by atoms with Crippen LogP contribution >= 0.6 is 0 Å². The molecule has 0 amide bonds. The maximum Gasteiger partial charge on any atom is 0.177 e. The van der Waals surface area contributed by atoms with Crippen LogP contribution in [0.3, 0.4) is 0 Å². The van der Waals surface area contributed by atoms with Crippen molar-refractivity contribution in [2.24, 2.45) is 0 Å². The fraction of sp³-hybridized carbons (Fsp3) is 0.278. The molecule has 0 aliphatic rings. The monoisotopic (exact) mass is 285 g/mol. The Labute approximate surface area is 125 Å². The van der Waals surface area contributed by atoms with Gasteiger partial charge in [-0.05, 0) is 50.2 Å². The molecule has 0 saturated carbocycles. The van der Waals surface area contributed by atoms with Gasteiger partial charge in [-0.3, -0.25) is 9.69 Å². The predicted octanol–water partition coefficient (Wildman–Crippen LogP) is 3.76. The Morgan fingerprint density at radius 2 is 1.90 bits per heavy atom. The maximum absolute atomic E-state index is 13.2. The molecule has 0 heterocycles. The summed E-state index contributed by atoms with van der Waals surface area (Å²) >= 11 is 0. The van der Waals surface area contributed by atoms with Crippen LogP contribution in [0.1, 0.15) is 27.0 Å². The summed E-state index contributed by atoms with van der Waals surface area (Å²) in [5, 5.41) is 0. The van der Waals surface area contributed by atoms with E-state index in [1.165, 1.54) is 12.1 Å². The molecule has 110 valence electrons. The Morgan fingerprint density at radius 1 is 1.14 bits per heavy atom. The van der Waals surface area contributed by atoms with Gasteiger partial charge >= 0.3 is 0 Å². The molecule has 21 heavy (non-hydrogen) atoms. The van der Waals surface area contributed by atoms with Gasteiger partial charge in [0.05, 0.1) is 6.54 Å². The highest BCUT2D eigenvalue weighted by molar-refractivity contribution is 5.99. The molecule has 2 rings (SSSR count). The standard InChI is InChI=1S/C18H20FNO/c1-13-7-8-14(2)17(9-13)18(21)12-20(3)11-15-5-4-6-16(19)10-15/h4-10H,11-12H2,1-3H3. The summed E-state index contributed by atoms with van der Waals surface area (Å²) in [5.74, 6) is -0.156. The third-order valence-corrected chi connectivity index (χ3v) is 3.45. The Bertz CT molecular complexity index is 651. The van der Waals surface area contributed by atoms with Crippen LogP contribution in [0.4, 0.5) is 4.39 Å². The van der Waals surface area contributed by atoms with Crippen molar-refractivity contribution in [1.29, 1.82) is 0 Å². The fourth-order valence-corrected chi connectivity index (χ4v) is 2.37. The third-order valence-electron chi connectivity index (χ3n) is 3.45. The third kappa shape index (κ3) is 4.23. The molecule has 0 aliphatic heterocycles. The van der Waals surface area contributed by atoms with E-state index in [-0.39, 0.29) is 11.6 Å². The molecule has 0 unspecified atom stereocenters. The van der Waals surface area contributed by atoms with Crippen molar-refractivity contribution in [1.82, 2.24) is 4.90 Å². The number of halogens is 1. The summed E-state index contributed by atoms with van der Waals surface area (Å²) in [7, 11) is 1.87. The van der Waals surface area contributed by atoms with Crippen LogP contribution in [0.25, 0.3) is 0 Å². The number of nitrogens with zero attached hydrogens (tertiary/aromatic N) is 1. The number of carbonyl (C=O) groups is 1. The van der Waals surface area contributed by atoms with Crippen molar-refractivity contribution in [3.8, 4) is 0 Å². The number of likely N-dealkylation sites (N-methyl/N-ethyl adjacent to an activating group) is 1. The quantitative estimate of drug-likeness (QED) is 0.780. The Hall–Kier alpha value is -2.00. The predicted molar refractivity (Wildman–Crippen MR) is 83.0 cm³/mol. The summed E-state index contributed by atoms with van der Waals surface area (Å²) in [5.41, 5.74) is 3.70. The van der Waals surface area contributed by atoms with Crippen LogP contribution in [0.15, 0.2) is 42.5 Å². The second-order valence-corrected chi connectivity index (χ2v) is 5.54. The molecule has 2 nitrogen and oxygen atoms in total. The number of rotatable bonds is 5. The van der Waals surface area contributed by atoms with E-state index in [1.807, 2.05) is 50.1 Å². The first-order chi connectivity index (χ1) is 9.95. The zero-order valence-corrected chi connectivity index (χ0v) is 12.7. The number of aryl methyl sites for hydroxylation is 2. The molecule has 0 spiro atoms. The van der Waals surface area contributed by atoms with Crippen molar-refractivity contribution < 1.29 is 9.18 Å². The van der Waals surface area contributed by atoms with Crippen LogP contribution < -0.4 is 0 Å². The minimum absolute atomic E-state index is 0.0927. The number of Topliss-reactive ketones (excluding diaryl/α,β-unsaturated/α-hetero) is 1. The van der Waals surface area contributed by atoms with Crippen molar-refractivity contribution in [3.63, 3.8) is 0 Å². The molecular formula is C18H20FNO. The van der Waals surface area contributed by atoms with Gasteiger partial charge in [-0.2, -0.15) is 0 Å². The van der Waals surface area contributed by atoms with Crippen molar-refractivity contribution >= 4 is 5.78 Å². The maximum atomic E-state index is 13.2. The fourth-order valence-electron chi connectivity index (χ4n) is 2.37. The van der Waals surface area contributed by atoms with Crippen LogP contribution in [0, 0.1) is 19.7 Å². The lowest BCUT2D eigenvalue weighted by molar-refractivity contribution is 0.0942. The largest absolute Gasteiger partial charge is 0.295 e. The van der Waals surface area contributed by atoms with Gasteiger partial charge in [0.2, 0.25) is 0 Å². The molecule has 0 aliphatic carbocycles. The number of hydrogen-bond donors (Lipinski definition) is 0. The minimum atomic E-state index is -0.248. The topological polar surface area (TPSA) is 20.3 Å². The lowest BCUT2D eigenvalue weighted by Gasteiger charge is -2.17. The molecule has 0 radical (unpaired) electrons. The van der Waals surface area contributed by atoms with Crippen LogP contribution in [0.2, 0.25) is 0 Å². The second-order valence-electron chi connectivity index (χ2n) is 5.54.